The zero-order valence-corrected chi connectivity index (χ0v) is 23.5. The van der Waals surface area contributed by atoms with E-state index in [0.29, 0.717) is 55.7 Å². The molecule has 39 heavy (non-hydrogen) atoms. The number of benzene rings is 1. The minimum absolute atomic E-state index is 0.0493. The van der Waals surface area contributed by atoms with Gasteiger partial charge in [-0.3, -0.25) is 14.2 Å². The minimum atomic E-state index is -1.09. The van der Waals surface area contributed by atoms with Crippen molar-refractivity contribution in [2.45, 2.75) is 63.7 Å². The Bertz CT molecular complexity index is 1390. The predicted molar refractivity (Wildman–Crippen MR) is 150 cm³/mol. The van der Waals surface area contributed by atoms with E-state index in [0.717, 1.165) is 5.56 Å². The van der Waals surface area contributed by atoms with Crippen LogP contribution in [0.4, 0.5) is 4.79 Å². The van der Waals surface area contributed by atoms with Gasteiger partial charge in [0, 0.05) is 38.0 Å². The number of rotatable bonds is 4. The number of likely N-dealkylation sites (tertiary alicyclic amines) is 2. The van der Waals surface area contributed by atoms with Gasteiger partial charge in [-0.1, -0.05) is 30.3 Å². The van der Waals surface area contributed by atoms with Gasteiger partial charge in [-0.2, -0.15) is 0 Å². The Morgan fingerprint density at radius 1 is 1.10 bits per heavy atom. The molecule has 10 heteroatoms. The number of carbonyl (C=O) groups is 2. The van der Waals surface area contributed by atoms with Crippen molar-refractivity contribution in [3.05, 3.63) is 64.0 Å². The molecule has 0 unspecified atom stereocenters. The monoisotopic (exact) mass is 552 g/mol. The average molecular weight is 553 g/mol. The molecule has 0 saturated carbocycles. The van der Waals surface area contributed by atoms with Crippen LogP contribution in [0.1, 0.15) is 51.5 Å². The number of piperidine rings is 2. The van der Waals surface area contributed by atoms with Gasteiger partial charge >= 0.3 is 6.09 Å². The third kappa shape index (κ3) is 6.01. The van der Waals surface area contributed by atoms with E-state index in [1.165, 1.54) is 22.2 Å². The van der Waals surface area contributed by atoms with Crippen LogP contribution >= 0.6 is 11.3 Å². The predicted octanol–water partition coefficient (Wildman–Crippen LogP) is 3.85. The molecular formula is C29H36N4O5S. The fraction of sp³-hybridized carbons (Fsp3) is 0.517. The summed E-state index contributed by atoms with van der Waals surface area (Å²) in [7, 11) is 0. The van der Waals surface area contributed by atoms with Crippen molar-refractivity contribution in [1.82, 2.24) is 19.4 Å². The summed E-state index contributed by atoms with van der Waals surface area (Å²) >= 11 is 1.41. The third-order valence-corrected chi connectivity index (χ3v) is 8.55. The van der Waals surface area contributed by atoms with Gasteiger partial charge in [0.05, 0.1) is 23.9 Å². The first-order valence-electron chi connectivity index (χ1n) is 13.5. The van der Waals surface area contributed by atoms with Crippen molar-refractivity contribution < 1.29 is 19.4 Å². The summed E-state index contributed by atoms with van der Waals surface area (Å²) in [5.41, 5.74) is -0.818. The topological polar surface area (TPSA) is 105 Å². The summed E-state index contributed by atoms with van der Waals surface area (Å²) in [4.78, 5) is 48.1. The molecule has 0 spiro atoms. The standard InChI is InChI=1S/C29H36N4O5S/c1-28(2,3)38-27(36)32-13-9-21(23(17-32)20-7-5-4-6-8-20)25(34)31-14-11-29(37,12-15-31)18-33-19-30-24-22(26(33)35)10-16-39-24/h4-8,10,16,19,21,23,37H,9,11-15,17-18H2,1-3H3/t21-,23+/m1/s1. The smallest absolute Gasteiger partial charge is 0.410 e. The van der Waals surface area contributed by atoms with Crippen LogP contribution in [0.25, 0.3) is 10.2 Å². The van der Waals surface area contributed by atoms with Crippen molar-refractivity contribution in [3.63, 3.8) is 0 Å². The maximum Gasteiger partial charge on any atom is 0.410 e. The van der Waals surface area contributed by atoms with Crippen LogP contribution in [-0.4, -0.2) is 73.8 Å². The van der Waals surface area contributed by atoms with Gasteiger partial charge in [0.15, 0.2) is 0 Å². The number of fused-ring (bicyclic) bond motifs is 1. The lowest BCUT2D eigenvalue weighted by Crippen LogP contribution is -2.53. The highest BCUT2D eigenvalue weighted by molar-refractivity contribution is 7.16. The molecule has 9 nitrogen and oxygen atoms in total. The molecule has 2 aromatic heterocycles. The summed E-state index contributed by atoms with van der Waals surface area (Å²) in [6, 6.07) is 11.6. The Labute approximate surface area is 232 Å². The molecule has 2 atom stereocenters. The summed E-state index contributed by atoms with van der Waals surface area (Å²) in [5.74, 6) is -0.374. The number of aliphatic hydroxyl groups is 1. The molecule has 5 rings (SSSR count). The highest BCUT2D eigenvalue weighted by Crippen LogP contribution is 2.36. The van der Waals surface area contributed by atoms with Crippen molar-refractivity contribution >= 4 is 33.6 Å². The highest BCUT2D eigenvalue weighted by atomic mass is 32.1. The van der Waals surface area contributed by atoms with Crippen molar-refractivity contribution in [3.8, 4) is 0 Å². The van der Waals surface area contributed by atoms with Gasteiger partial charge in [-0.25, -0.2) is 9.78 Å². The molecule has 2 aliphatic rings. The van der Waals surface area contributed by atoms with E-state index in [1.807, 2.05) is 61.4 Å². The molecule has 2 saturated heterocycles. The van der Waals surface area contributed by atoms with Crippen molar-refractivity contribution in [2.75, 3.05) is 26.2 Å². The van der Waals surface area contributed by atoms with Gasteiger partial charge in [0.1, 0.15) is 10.4 Å². The van der Waals surface area contributed by atoms with Crippen LogP contribution in [0.2, 0.25) is 0 Å². The second-order valence-electron chi connectivity index (χ2n) is 11.7. The SMILES string of the molecule is CC(C)(C)OC(=O)N1CC[C@@H](C(=O)N2CCC(O)(Cn3cnc4sccc4c3=O)CC2)[C@H](c2ccccc2)C1. The number of nitrogens with zero attached hydrogens (tertiary/aromatic N) is 4. The van der Waals surface area contributed by atoms with E-state index < -0.39 is 11.2 Å². The van der Waals surface area contributed by atoms with Crippen molar-refractivity contribution in [2.24, 2.45) is 5.92 Å². The Morgan fingerprint density at radius 2 is 1.82 bits per heavy atom. The lowest BCUT2D eigenvalue weighted by Gasteiger charge is -2.43. The summed E-state index contributed by atoms with van der Waals surface area (Å²) < 4.78 is 7.08. The zero-order chi connectivity index (χ0) is 27.8. The molecule has 0 bridgehead atoms. The lowest BCUT2D eigenvalue weighted by atomic mass is 9.79. The quantitative estimate of drug-likeness (QED) is 0.527. The number of carbonyl (C=O) groups excluding carboxylic acids is 2. The normalized spacial score (nSPS) is 21.6. The van der Waals surface area contributed by atoms with E-state index in [9.17, 15) is 19.5 Å². The molecular weight excluding hydrogens is 516 g/mol. The first-order chi connectivity index (χ1) is 18.5. The van der Waals surface area contributed by atoms with Gasteiger partial charge in [0.25, 0.3) is 5.56 Å². The van der Waals surface area contributed by atoms with Gasteiger partial charge < -0.3 is 19.6 Å². The first-order valence-corrected chi connectivity index (χ1v) is 14.4. The maximum absolute atomic E-state index is 13.8. The van der Waals surface area contributed by atoms with E-state index >= 15 is 0 Å². The Hall–Kier alpha value is -3.24. The molecule has 0 radical (unpaired) electrons. The Kier molecular flexibility index (Phi) is 7.52. The number of hydrogen-bond acceptors (Lipinski definition) is 7. The molecule has 3 aromatic rings. The van der Waals surface area contributed by atoms with Crippen LogP contribution < -0.4 is 5.56 Å². The second kappa shape index (κ2) is 10.7. The molecule has 2 amide bonds. The maximum atomic E-state index is 13.8. The summed E-state index contributed by atoms with van der Waals surface area (Å²) in [5, 5.41) is 13.7. The molecule has 0 aliphatic carbocycles. The van der Waals surface area contributed by atoms with Gasteiger partial charge in [-0.05, 0) is 57.0 Å². The zero-order valence-electron chi connectivity index (χ0n) is 22.7. The van der Waals surface area contributed by atoms with E-state index in [4.69, 9.17) is 4.74 Å². The summed E-state index contributed by atoms with van der Waals surface area (Å²) in [6.07, 6.45) is 2.43. The molecule has 1 N–H and O–H groups in total. The van der Waals surface area contributed by atoms with Crippen molar-refractivity contribution in [1.29, 1.82) is 0 Å². The average Bonchev–Trinajstić information content (AvgIpc) is 3.39. The fourth-order valence-electron chi connectivity index (χ4n) is 5.64. The lowest BCUT2D eigenvalue weighted by molar-refractivity contribution is -0.142. The first kappa shape index (κ1) is 27.3. The Morgan fingerprint density at radius 3 is 2.51 bits per heavy atom. The second-order valence-corrected chi connectivity index (χ2v) is 12.6. The molecule has 208 valence electrons. The van der Waals surface area contributed by atoms with E-state index in [2.05, 4.69) is 4.98 Å². The van der Waals surface area contributed by atoms with Gasteiger partial charge in [0.2, 0.25) is 5.91 Å². The number of ether oxygens (including phenoxy) is 1. The van der Waals surface area contributed by atoms with Gasteiger partial charge in [-0.15, -0.1) is 11.3 Å². The molecule has 2 fully saturated rings. The van der Waals surface area contributed by atoms with Crippen LogP contribution in [0.15, 0.2) is 52.9 Å². The number of hydrogen-bond donors (Lipinski definition) is 1. The number of aromatic nitrogens is 2. The van der Waals surface area contributed by atoms with Crippen LogP contribution in [0, 0.1) is 5.92 Å². The van der Waals surface area contributed by atoms with Crippen LogP contribution in [0.3, 0.4) is 0 Å². The highest BCUT2D eigenvalue weighted by Gasteiger charge is 2.42. The molecule has 4 heterocycles. The third-order valence-electron chi connectivity index (χ3n) is 7.73. The molecule has 2 aliphatic heterocycles. The van der Waals surface area contributed by atoms with Crippen LogP contribution in [0.5, 0.6) is 0 Å². The fourth-order valence-corrected chi connectivity index (χ4v) is 6.36. The van der Waals surface area contributed by atoms with E-state index in [-0.39, 0.29) is 35.9 Å². The number of thiophene rings is 1. The molecule has 1 aromatic carbocycles. The minimum Gasteiger partial charge on any atom is -0.444 e. The number of amides is 2. The largest absolute Gasteiger partial charge is 0.444 e. The Balaban J connectivity index is 1.27. The van der Waals surface area contributed by atoms with E-state index in [1.54, 1.807) is 11.0 Å². The summed E-state index contributed by atoms with van der Waals surface area (Å²) in [6.45, 7) is 7.37. The van der Waals surface area contributed by atoms with Crippen LogP contribution in [-0.2, 0) is 16.1 Å².